The first-order valence-electron chi connectivity index (χ1n) is 26.9. The van der Waals surface area contributed by atoms with Crippen molar-refractivity contribution in [3.8, 4) is 0 Å². The lowest BCUT2D eigenvalue weighted by Crippen LogP contribution is -2.60. The molecule has 65 heavy (non-hydrogen) atoms. The minimum Gasteiger partial charge on any atom is -0.394 e. The van der Waals surface area contributed by atoms with Crippen LogP contribution in [0.4, 0.5) is 0 Å². The van der Waals surface area contributed by atoms with Crippen molar-refractivity contribution in [2.45, 2.75) is 287 Å². The molecule has 1 aliphatic rings. The molecule has 0 saturated carbocycles. The molecule has 1 amide bonds. The highest BCUT2D eigenvalue weighted by Crippen LogP contribution is 2.23. The second-order valence-corrected chi connectivity index (χ2v) is 18.9. The molecule has 0 bridgehead atoms. The Hall–Kier alpha value is -1.67. The van der Waals surface area contributed by atoms with Gasteiger partial charge >= 0.3 is 0 Å². The number of nitrogens with one attached hydrogen (secondary N) is 1. The van der Waals surface area contributed by atoms with Crippen molar-refractivity contribution in [2.24, 2.45) is 0 Å². The predicted molar refractivity (Wildman–Crippen MR) is 265 cm³/mol. The maximum absolute atomic E-state index is 13.1. The van der Waals surface area contributed by atoms with E-state index in [0.717, 1.165) is 44.9 Å². The number of rotatable bonds is 45. The van der Waals surface area contributed by atoms with E-state index in [-0.39, 0.29) is 12.8 Å². The Bertz CT molecular complexity index is 1150. The van der Waals surface area contributed by atoms with E-state index in [0.29, 0.717) is 19.3 Å². The molecule has 0 aromatic heterocycles. The average Bonchev–Trinajstić information content (AvgIpc) is 3.31. The van der Waals surface area contributed by atoms with Crippen LogP contribution >= 0.6 is 0 Å². The molecule has 1 rings (SSSR count). The molecule has 0 aromatic carbocycles. The summed E-state index contributed by atoms with van der Waals surface area (Å²) in [6.07, 6.45) is 40.5. The summed E-state index contributed by atoms with van der Waals surface area (Å²) < 4.78 is 11.1. The SMILES string of the molecule is CCCCCCCC/C=C/CC/C=C/CC/C=C/CCCC(O)C(O)C(COC1OC(CO)C(O)C(O)C1O)NC(=O)C(O)CCCCCCCCCCCCCCCCCCCCC. The standard InChI is InChI=1S/C54H101NO10/c1-3-5-7-9-11-13-15-17-19-21-23-25-27-29-31-33-35-37-39-41-46(57)49(59)45(44-64-54-52(62)51(61)50(60)48(43-56)65-54)55-53(63)47(58)42-40-38-36-34-32-30-28-26-24-22-20-18-16-14-12-10-8-6-4-2/h17,19,25,27,33,35,45-52,54,56-62H,3-16,18,20-24,26,28-32,34,36-44H2,1-2H3,(H,55,63)/b19-17+,27-25+,35-33+. The minimum atomic E-state index is -1.67. The van der Waals surface area contributed by atoms with Crippen molar-refractivity contribution in [1.29, 1.82) is 0 Å². The first kappa shape index (κ1) is 61.3. The highest BCUT2D eigenvalue weighted by Gasteiger charge is 2.44. The minimum absolute atomic E-state index is 0.242. The molecule has 1 aliphatic heterocycles. The van der Waals surface area contributed by atoms with Gasteiger partial charge in [-0.05, 0) is 64.2 Å². The van der Waals surface area contributed by atoms with Gasteiger partial charge < -0.3 is 50.5 Å². The Morgan fingerprint density at radius 1 is 0.523 bits per heavy atom. The van der Waals surface area contributed by atoms with Gasteiger partial charge in [0, 0.05) is 0 Å². The van der Waals surface area contributed by atoms with Gasteiger partial charge in [0.15, 0.2) is 6.29 Å². The number of hydrogen-bond donors (Lipinski definition) is 8. The number of unbranched alkanes of at least 4 members (excludes halogenated alkanes) is 27. The van der Waals surface area contributed by atoms with Gasteiger partial charge in [-0.25, -0.2) is 0 Å². The summed E-state index contributed by atoms with van der Waals surface area (Å²) in [5.74, 6) is -0.710. The first-order valence-corrected chi connectivity index (χ1v) is 26.9. The normalized spacial score (nSPS) is 21.2. The maximum Gasteiger partial charge on any atom is 0.249 e. The van der Waals surface area contributed by atoms with Crippen LogP contribution in [0, 0.1) is 0 Å². The lowest BCUT2D eigenvalue weighted by Gasteiger charge is -2.40. The van der Waals surface area contributed by atoms with Crippen LogP contribution in [-0.4, -0.2) is 110 Å². The van der Waals surface area contributed by atoms with Crippen LogP contribution < -0.4 is 5.32 Å². The number of aliphatic hydroxyl groups is 7. The molecule has 9 atom stereocenters. The second-order valence-electron chi connectivity index (χ2n) is 18.9. The number of allylic oxidation sites excluding steroid dienone is 6. The van der Waals surface area contributed by atoms with Crippen molar-refractivity contribution in [2.75, 3.05) is 13.2 Å². The van der Waals surface area contributed by atoms with Gasteiger partial charge in [0.2, 0.25) is 5.91 Å². The van der Waals surface area contributed by atoms with E-state index in [9.17, 15) is 40.5 Å². The molecule has 11 heteroatoms. The molecule has 8 N–H and O–H groups in total. The van der Waals surface area contributed by atoms with Crippen molar-refractivity contribution >= 4 is 5.91 Å². The lowest BCUT2D eigenvalue weighted by atomic mass is 9.98. The van der Waals surface area contributed by atoms with Gasteiger partial charge in [-0.1, -0.05) is 204 Å². The Labute approximate surface area is 397 Å². The number of hydrogen-bond acceptors (Lipinski definition) is 10. The molecule has 0 spiro atoms. The van der Waals surface area contributed by atoms with Gasteiger partial charge in [0.1, 0.15) is 36.6 Å². The van der Waals surface area contributed by atoms with E-state index in [1.807, 2.05) is 0 Å². The largest absolute Gasteiger partial charge is 0.394 e. The molecule has 382 valence electrons. The fourth-order valence-corrected chi connectivity index (χ4v) is 8.47. The van der Waals surface area contributed by atoms with Crippen LogP contribution in [0.1, 0.15) is 232 Å². The molecule has 9 unspecified atom stereocenters. The van der Waals surface area contributed by atoms with Crippen molar-refractivity contribution in [3.05, 3.63) is 36.5 Å². The molecule has 0 aromatic rings. The first-order chi connectivity index (χ1) is 31.7. The summed E-state index contributed by atoms with van der Waals surface area (Å²) >= 11 is 0. The zero-order chi connectivity index (χ0) is 47.6. The summed E-state index contributed by atoms with van der Waals surface area (Å²) in [5, 5.41) is 75.9. The van der Waals surface area contributed by atoms with Gasteiger partial charge in [0.25, 0.3) is 0 Å². The maximum atomic E-state index is 13.1. The number of amides is 1. The van der Waals surface area contributed by atoms with Gasteiger partial charge in [-0.3, -0.25) is 4.79 Å². The zero-order valence-corrected chi connectivity index (χ0v) is 41.5. The van der Waals surface area contributed by atoms with E-state index in [4.69, 9.17) is 9.47 Å². The fraction of sp³-hybridized carbons (Fsp3) is 0.870. The summed E-state index contributed by atoms with van der Waals surface area (Å²) in [6, 6.07) is -1.19. The Kier molecular flexibility index (Phi) is 41.1. The summed E-state index contributed by atoms with van der Waals surface area (Å²) in [5.41, 5.74) is 0. The number of aliphatic hydroxyl groups excluding tert-OH is 7. The van der Waals surface area contributed by atoms with Crippen LogP contribution in [0.5, 0.6) is 0 Å². The van der Waals surface area contributed by atoms with Crippen LogP contribution in [0.2, 0.25) is 0 Å². The summed E-state index contributed by atoms with van der Waals surface area (Å²) in [7, 11) is 0. The molecule has 0 radical (unpaired) electrons. The topological polar surface area (TPSA) is 189 Å². The molecule has 1 saturated heterocycles. The summed E-state index contributed by atoms with van der Waals surface area (Å²) in [6.45, 7) is 3.43. The van der Waals surface area contributed by atoms with Crippen LogP contribution in [0.25, 0.3) is 0 Å². The third-order valence-electron chi connectivity index (χ3n) is 12.9. The molecule has 0 aliphatic carbocycles. The molecule has 1 fully saturated rings. The fourth-order valence-electron chi connectivity index (χ4n) is 8.47. The van der Waals surface area contributed by atoms with E-state index in [1.165, 1.54) is 141 Å². The zero-order valence-electron chi connectivity index (χ0n) is 41.5. The van der Waals surface area contributed by atoms with E-state index < -0.39 is 74.2 Å². The summed E-state index contributed by atoms with van der Waals surface area (Å²) in [4.78, 5) is 13.1. The molecule has 1 heterocycles. The second kappa shape index (κ2) is 43.6. The smallest absolute Gasteiger partial charge is 0.249 e. The highest BCUT2D eigenvalue weighted by atomic mass is 16.7. The average molecular weight is 924 g/mol. The monoisotopic (exact) mass is 924 g/mol. The van der Waals surface area contributed by atoms with Gasteiger partial charge in [0.05, 0.1) is 25.4 Å². The predicted octanol–water partition coefficient (Wildman–Crippen LogP) is 10.3. The van der Waals surface area contributed by atoms with Gasteiger partial charge in [-0.2, -0.15) is 0 Å². The number of carbonyl (C=O) groups is 1. The molecule has 11 nitrogen and oxygen atoms in total. The number of ether oxygens (including phenoxy) is 2. The third-order valence-corrected chi connectivity index (χ3v) is 12.9. The van der Waals surface area contributed by atoms with Crippen molar-refractivity contribution < 1.29 is 50.0 Å². The van der Waals surface area contributed by atoms with Crippen LogP contribution in [-0.2, 0) is 14.3 Å². The van der Waals surface area contributed by atoms with E-state index in [2.05, 4.69) is 55.6 Å². The quantitative estimate of drug-likeness (QED) is 0.0216. The Morgan fingerprint density at radius 3 is 1.37 bits per heavy atom. The van der Waals surface area contributed by atoms with E-state index in [1.54, 1.807) is 0 Å². The van der Waals surface area contributed by atoms with Crippen molar-refractivity contribution in [1.82, 2.24) is 5.32 Å². The Balaban J connectivity index is 2.40. The van der Waals surface area contributed by atoms with Crippen LogP contribution in [0.3, 0.4) is 0 Å². The molecular weight excluding hydrogens is 823 g/mol. The molecular formula is C54H101NO10. The van der Waals surface area contributed by atoms with E-state index >= 15 is 0 Å². The van der Waals surface area contributed by atoms with Crippen molar-refractivity contribution in [3.63, 3.8) is 0 Å². The highest BCUT2D eigenvalue weighted by molar-refractivity contribution is 5.80. The van der Waals surface area contributed by atoms with Gasteiger partial charge in [-0.15, -0.1) is 0 Å². The Morgan fingerprint density at radius 2 is 0.923 bits per heavy atom. The lowest BCUT2D eigenvalue weighted by molar-refractivity contribution is -0.303. The third kappa shape index (κ3) is 32.7. The van der Waals surface area contributed by atoms with Crippen LogP contribution in [0.15, 0.2) is 36.5 Å². The number of carbonyl (C=O) groups excluding carboxylic acids is 1.